The SMILES string of the molecule is Cc1nn(CCO)c(C)c1CNC[C@@H]1CCS(=O)(=O)C1. The fourth-order valence-electron chi connectivity index (χ4n) is 2.74. The van der Waals surface area contributed by atoms with Crippen LogP contribution in [0.5, 0.6) is 0 Å². The Labute approximate surface area is 120 Å². The second-order valence-electron chi connectivity index (χ2n) is 5.50. The first-order chi connectivity index (χ1) is 9.43. The summed E-state index contributed by atoms with van der Waals surface area (Å²) in [7, 11) is -2.79. The number of hydrogen-bond donors (Lipinski definition) is 2. The van der Waals surface area contributed by atoms with E-state index in [4.69, 9.17) is 5.11 Å². The summed E-state index contributed by atoms with van der Waals surface area (Å²) in [5.74, 6) is 0.862. The third kappa shape index (κ3) is 3.59. The van der Waals surface area contributed by atoms with Crippen LogP contribution < -0.4 is 5.32 Å². The second kappa shape index (κ2) is 6.24. The molecule has 1 aromatic rings. The average molecular weight is 301 g/mol. The molecule has 2 rings (SSSR count). The highest BCUT2D eigenvalue weighted by atomic mass is 32.2. The van der Waals surface area contributed by atoms with E-state index >= 15 is 0 Å². The molecule has 1 fully saturated rings. The Morgan fingerprint density at radius 2 is 2.20 bits per heavy atom. The summed E-state index contributed by atoms with van der Waals surface area (Å²) in [5.41, 5.74) is 3.16. The number of aryl methyl sites for hydroxylation is 1. The zero-order valence-electron chi connectivity index (χ0n) is 12.1. The van der Waals surface area contributed by atoms with Crippen LogP contribution in [-0.2, 0) is 22.9 Å². The van der Waals surface area contributed by atoms with Crippen LogP contribution in [0, 0.1) is 19.8 Å². The zero-order valence-corrected chi connectivity index (χ0v) is 12.9. The number of rotatable bonds is 6. The van der Waals surface area contributed by atoms with E-state index < -0.39 is 9.84 Å². The summed E-state index contributed by atoms with van der Waals surface area (Å²) in [6.45, 7) is 5.95. The molecule has 0 amide bonds. The molecule has 2 N–H and O–H groups in total. The molecule has 1 atom stereocenters. The Balaban J connectivity index is 1.88. The van der Waals surface area contributed by atoms with Crippen molar-refractivity contribution in [2.24, 2.45) is 5.92 Å². The van der Waals surface area contributed by atoms with E-state index in [0.29, 0.717) is 24.6 Å². The Morgan fingerprint density at radius 1 is 1.45 bits per heavy atom. The summed E-state index contributed by atoms with van der Waals surface area (Å²) >= 11 is 0. The van der Waals surface area contributed by atoms with Gasteiger partial charge < -0.3 is 10.4 Å². The van der Waals surface area contributed by atoms with E-state index in [2.05, 4.69) is 10.4 Å². The quantitative estimate of drug-likeness (QED) is 0.773. The Hall–Kier alpha value is -0.920. The fraction of sp³-hybridized carbons (Fsp3) is 0.769. The third-order valence-corrected chi connectivity index (χ3v) is 5.74. The minimum atomic E-state index is -2.79. The molecule has 20 heavy (non-hydrogen) atoms. The largest absolute Gasteiger partial charge is 0.394 e. The van der Waals surface area contributed by atoms with Gasteiger partial charge in [-0.05, 0) is 32.7 Å². The number of aliphatic hydroxyl groups excluding tert-OH is 1. The highest BCUT2D eigenvalue weighted by Gasteiger charge is 2.27. The van der Waals surface area contributed by atoms with E-state index in [1.54, 1.807) is 0 Å². The van der Waals surface area contributed by atoms with Gasteiger partial charge in [-0.3, -0.25) is 4.68 Å². The second-order valence-corrected chi connectivity index (χ2v) is 7.72. The lowest BCUT2D eigenvalue weighted by Gasteiger charge is -2.10. The molecule has 0 aliphatic carbocycles. The van der Waals surface area contributed by atoms with Gasteiger partial charge in [-0.25, -0.2) is 8.42 Å². The molecule has 0 unspecified atom stereocenters. The maximum absolute atomic E-state index is 11.4. The summed E-state index contributed by atoms with van der Waals surface area (Å²) in [6, 6.07) is 0. The number of sulfone groups is 1. The van der Waals surface area contributed by atoms with Crippen LogP contribution in [0.1, 0.15) is 23.4 Å². The van der Waals surface area contributed by atoms with Crippen molar-refractivity contribution in [3.8, 4) is 0 Å². The normalized spacial score (nSPS) is 21.4. The van der Waals surface area contributed by atoms with Crippen molar-refractivity contribution in [1.29, 1.82) is 0 Å². The van der Waals surface area contributed by atoms with Crippen LogP contribution in [0.4, 0.5) is 0 Å². The lowest BCUT2D eigenvalue weighted by Crippen LogP contribution is -2.23. The van der Waals surface area contributed by atoms with E-state index in [9.17, 15) is 8.42 Å². The van der Waals surface area contributed by atoms with E-state index in [1.807, 2.05) is 18.5 Å². The molecule has 1 aliphatic heterocycles. The minimum Gasteiger partial charge on any atom is -0.394 e. The molecule has 0 spiro atoms. The first-order valence-corrected chi connectivity index (χ1v) is 8.80. The van der Waals surface area contributed by atoms with Gasteiger partial charge in [0.1, 0.15) is 0 Å². The summed E-state index contributed by atoms with van der Waals surface area (Å²) in [4.78, 5) is 0. The fourth-order valence-corrected chi connectivity index (χ4v) is 4.60. The minimum absolute atomic E-state index is 0.0781. The van der Waals surface area contributed by atoms with Gasteiger partial charge in [0.15, 0.2) is 9.84 Å². The van der Waals surface area contributed by atoms with Gasteiger partial charge in [0.05, 0.1) is 30.4 Å². The van der Waals surface area contributed by atoms with Gasteiger partial charge in [0.2, 0.25) is 0 Å². The lowest BCUT2D eigenvalue weighted by atomic mass is 10.1. The molecule has 6 nitrogen and oxygen atoms in total. The molecular weight excluding hydrogens is 278 g/mol. The number of hydrogen-bond acceptors (Lipinski definition) is 5. The van der Waals surface area contributed by atoms with Crippen LogP contribution in [0.15, 0.2) is 0 Å². The van der Waals surface area contributed by atoms with Gasteiger partial charge >= 0.3 is 0 Å². The average Bonchev–Trinajstić information content (AvgIpc) is 2.84. The standard InChI is InChI=1S/C13H23N3O3S/c1-10-13(11(2)16(15-10)4-5-17)8-14-7-12-3-6-20(18,19)9-12/h12,14,17H,3-9H2,1-2H3/t12-/m0/s1. The van der Waals surface area contributed by atoms with Crippen molar-refractivity contribution in [3.63, 3.8) is 0 Å². The van der Waals surface area contributed by atoms with E-state index in [0.717, 1.165) is 29.9 Å². The van der Waals surface area contributed by atoms with Crippen LogP contribution in [0.25, 0.3) is 0 Å². The van der Waals surface area contributed by atoms with Crippen molar-refractivity contribution in [1.82, 2.24) is 15.1 Å². The number of nitrogens with zero attached hydrogens (tertiary/aromatic N) is 2. The van der Waals surface area contributed by atoms with Gasteiger partial charge in [-0.2, -0.15) is 5.10 Å². The van der Waals surface area contributed by atoms with E-state index in [1.165, 1.54) is 0 Å². The molecule has 114 valence electrons. The summed E-state index contributed by atoms with van der Waals surface area (Å²) in [6.07, 6.45) is 0.761. The molecule has 0 bridgehead atoms. The van der Waals surface area contributed by atoms with Crippen molar-refractivity contribution < 1.29 is 13.5 Å². The molecular formula is C13H23N3O3S. The van der Waals surface area contributed by atoms with Crippen LogP contribution in [0.3, 0.4) is 0 Å². The highest BCUT2D eigenvalue weighted by Crippen LogP contribution is 2.18. The first kappa shape index (κ1) is 15.5. The number of aliphatic hydroxyl groups is 1. The zero-order chi connectivity index (χ0) is 14.8. The van der Waals surface area contributed by atoms with Crippen molar-refractivity contribution >= 4 is 9.84 Å². The molecule has 7 heteroatoms. The smallest absolute Gasteiger partial charge is 0.150 e. The van der Waals surface area contributed by atoms with Crippen molar-refractivity contribution in [2.75, 3.05) is 24.7 Å². The Kier molecular flexibility index (Phi) is 4.82. The van der Waals surface area contributed by atoms with Gasteiger partial charge in [0.25, 0.3) is 0 Å². The predicted molar refractivity (Wildman–Crippen MR) is 77.3 cm³/mol. The molecule has 0 saturated carbocycles. The Morgan fingerprint density at radius 3 is 2.80 bits per heavy atom. The highest BCUT2D eigenvalue weighted by molar-refractivity contribution is 7.91. The van der Waals surface area contributed by atoms with Gasteiger partial charge in [-0.15, -0.1) is 0 Å². The monoisotopic (exact) mass is 301 g/mol. The Bertz CT molecular complexity index is 566. The molecule has 1 aromatic heterocycles. The van der Waals surface area contributed by atoms with Gasteiger partial charge in [-0.1, -0.05) is 0 Å². The van der Waals surface area contributed by atoms with Crippen LogP contribution in [0.2, 0.25) is 0 Å². The topological polar surface area (TPSA) is 84.2 Å². The predicted octanol–water partition coefficient (Wildman–Crippen LogP) is 0.0165. The maximum atomic E-state index is 11.4. The number of nitrogens with one attached hydrogen (secondary N) is 1. The van der Waals surface area contributed by atoms with Crippen LogP contribution in [-0.4, -0.2) is 48.0 Å². The molecule has 2 heterocycles. The van der Waals surface area contributed by atoms with Crippen LogP contribution >= 0.6 is 0 Å². The molecule has 0 aromatic carbocycles. The van der Waals surface area contributed by atoms with Gasteiger partial charge in [0, 0.05) is 17.8 Å². The third-order valence-electron chi connectivity index (χ3n) is 3.90. The molecule has 1 saturated heterocycles. The van der Waals surface area contributed by atoms with Crippen molar-refractivity contribution in [3.05, 3.63) is 17.0 Å². The first-order valence-electron chi connectivity index (χ1n) is 6.98. The molecule has 0 radical (unpaired) electrons. The summed E-state index contributed by atoms with van der Waals surface area (Å²) in [5, 5.41) is 16.7. The number of aromatic nitrogens is 2. The van der Waals surface area contributed by atoms with E-state index in [-0.39, 0.29) is 12.5 Å². The maximum Gasteiger partial charge on any atom is 0.150 e. The van der Waals surface area contributed by atoms with Crippen molar-refractivity contribution in [2.45, 2.75) is 33.4 Å². The molecule has 1 aliphatic rings. The summed E-state index contributed by atoms with van der Waals surface area (Å²) < 4.78 is 24.6. The lowest BCUT2D eigenvalue weighted by molar-refractivity contribution is 0.267.